The van der Waals surface area contributed by atoms with Gasteiger partial charge in [0.05, 0.1) is 12.2 Å². The molecule has 8 aliphatic rings. The van der Waals surface area contributed by atoms with Crippen molar-refractivity contribution >= 4 is 23.6 Å². The number of amides is 4. The van der Waals surface area contributed by atoms with Crippen LogP contribution in [0.5, 0.6) is 0 Å². The van der Waals surface area contributed by atoms with Gasteiger partial charge in [-0.15, -0.1) is 0 Å². The molecule has 0 spiro atoms. The van der Waals surface area contributed by atoms with Gasteiger partial charge in [0.25, 0.3) is 0 Å². The highest BCUT2D eigenvalue weighted by atomic mass is 16.5. The molecule has 4 N–H and O–H groups in total. The largest absolute Gasteiger partial charge is 0.359 e. The van der Waals surface area contributed by atoms with Gasteiger partial charge in [-0.05, 0) is 84.9 Å². The standard InChI is InChI=1S/C32H46N4O6/c1-31-25-13-5-7-16-22(13)28-23(25)24-26(32(28,2)30(42-16)36-20(40)12-10-18(38)34-4)14-6-8-15(21(14)27(24)31)41-29(31)35-19(39)11-9-17(37)33-3/h13-16,21-30H,5-12H2,1-4H3,(H,33,37)(H,34,38)(H,35,39)(H,36,40)/t13-,14-,15-,16+,21+,22-,23-,24-,25+,26-,27-,28+,29+,30+,31+,32+/m1/s1. The predicted octanol–water partition coefficient (Wildman–Crippen LogP) is 1.54. The lowest BCUT2D eigenvalue weighted by molar-refractivity contribution is -0.208. The molecule has 0 aromatic rings. The number of fused-ring (bicyclic) bond motifs is 4. The van der Waals surface area contributed by atoms with E-state index in [-0.39, 0.29) is 84.8 Å². The summed E-state index contributed by atoms with van der Waals surface area (Å²) in [7, 11) is 3.20. The molecular weight excluding hydrogens is 536 g/mol. The fourth-order valence-corrected chi connectivity index (χ4v) is 13.4. The van der Waals surface area contributed by atoms with Crippen LogP contribution in [0.25, 0.3) is 0 Å². The lowest BCUT2D eigenvalue weighted by Gasteiger charge is -2.53. The maximum absolute atomic E-state index is 13.2. The SMILES string of the molecule is CNC(=O)CCC(=O)N[C@H]1O[C@H]2CC[C@@H]3[C@H]2[C@H]2[C@@H]4[C@H]5[C@H]6[C@H]7[C@@H](CC[C@H]7O[C@H](NC(=O)CCC(=O)NC)[C@@]6(C)[C@@H]34)[C@H]5[C@@]21C. The molecule has 0 radical (unpaired) electrons. The van der Waals surface area contributed by atoms with Crippen molar-refractivity contribution in [2.24, 2.45) is 70.0 Å². The fourth-order valence-electron chi connectivity index (χ4n) is 13.4. The van der Waals surface area contributed by atoms with Crippen molar-refractivity contribution in [3.63, 3.8) is 0 Å². The quantitative estimate of drug-likeness (QED) is 0.343. The summed E-state index contributed by atoms with van der Waals surface area (Å²) < 4.78 is 13.9. The summed E-state index contributed by atoms with van der Waals surface area (Å²) in [6.45, 7) is 4.86. The van der Waals surface area contributed by atoms with Gasteiger partial charge in [0, 0.05) is 50.6 Å². The van der Waals surface area contributed by atoms with Crippen molar-refractivity contribution in [3.8, 4) is 0 Å². The number of hydrogen-bond acceptors (Lipinski definition) is 6. The summed E-state index contributed by atoms with van der Waals surface area (Å²) in [4.78, 5) is 50.1. The molecule has 6 aliphatic carbocycles. The van der Waals surface area contributed by atoms with Crippen LogP contribution in [0, 0.1) is 70.0 Å². The minimum Gasteiger partial charge on any atom is -0.359 e. The van der Waals surface area contributed by atoms with Crippen molar-refractivity contribution in [2.45, 2.75) is 89.9 Å². The summed E-state index contributed by atoms with van der Waals surface area (Å²) in [6.07, 6.45) is 4.56. The van der Waals surface area contributed by atoms with Crippen LogP contribution in [-0.2, 0) is 28.7 Å². The fraction of sp³-hybridized carbons (Fsp3) is 0.875. The molecule has 0 bridgehead atoms. The smallest absolute Gasteiger partial charge is 0.222 e. The number of hydrogen-bond donors (Lipinski definition) is 4. The molecule has 8 fully saturated rings. The average Bonchev–Trinajstić information content (AvgIpc) is 3.77. The maximum Gasteiger partial charge on any atom is 0.222 e. The van der Waals surface area contributed by atoms with Crippen LogP contribution in [0.2, 0.25) is 0 Å². The van der Waals surface area contributed by atoms with Gasteiger partial charge in [-0.25, -0.2) is 0 Å². The Morgan fingerprint density at radius 2 is 0.952 bits per heavy atom. The highest BCUT2D eigenvalue weighted by molar-refractivity contribution is 5.84. The van der Waals surface area contributed by atoms with E-state index in [0.717, 1.165) is 25.7 Å². The van der Waals surface area contributed by atoms with Crippen LogP contribution in [0.15, 0.2) is 0 Å². The molecule has 2 saturated heterocycles. The van der Waals surface area contributed by atoms with E-state index in [9.17, 15) is 19.2 Å². The molecule has 2 heterocycles. The molecule has 0 aromatic carbocycles. The van der Waals surface area contributed by atoms with E-state index in [1.807, 2.05) is 0 Å². The number of carbonyl (C=O) groups is 4. The molecule has 10 nitrogen and oxygen atoms in total. The first-order valence-corrected chi connectivity index (χ1v) is 16.4. The Labute approximate surface area is 247 Å². The molecule has 8 rings (SSSR count). The van der Waals surface area contributed by atoms with Gasteiger partial charge >= 0.3 is 0 Å². The van der Waals surface area contributed by atoms with E-state index < -0.39 is 0 Å². The third-order valence-electron chi connectivity index (χ3n) is 14.2. The van der Waals surface area contributed by atoms with E-state index in [2.05, 4.69) is 35.1 Å². The minimum atomic E-state index is -0.333. The van der Waals surface area contributed by atoms with Crippen molar-refractivity contribution in [2.75, 3.05) is 14.1 Å². The van der Waals surface area contributed by atoms with E-state index in [1.165, 1.54) is 0 Å². The third kappa shape index (κ3) is 3.23. The first-order valence-electron chi connectivity index (χ1n) is 16.4. The molecule has 2 aliphatic heterocycles. The summed E-state index contributed by atoms with van der Waals surface area (Å²) >= 11 is 0. The Morgan fingerprint density at radius 3 is 1.33 bits per heavy atom. The van der Waals surface area contributed by atoms with Gasteiger partial charge in [0.1, 0.15) is 12.5 Å². The Morgan fingerprint density at radius 1 is 0.571 bits per heavy atom. The molecule has 10 heteroatoms. The molecule has 16 atom stereocenters. The third-order valence-corrected chi connectivity index (χ3v) is 14.2. The highest BCUT2D eigenvalue weighted by Crippen LogP contribution is 2.87. The Hall–Kier alpha value is -2.20. The Bertz CT molecular complexity index is 1140. The average molecular weight is 583 g/mol. The number of carbonyl (C=O) groups excluding carboxylic acids is 4. The molecule has 0 unspecified atom stereocenters. The number of rotatable bonds is 8. The van der Waals surface area contributed by atoms with E-state index >= 15 is 0 Å². The van der Waals surface area contributed by atoms with Crippen LogP contribution in [0.1, 0.15) is 65.2 Å². The lowest BCUT2D eigenvalue weighted by atomic mass is 9.60. The second-order valence-corrected chi connectivity index (χ2v) is 15.2. The number of ether oxygens (including phenoxy) is 2. The zero-order chi connectivity index (χ0) is 29.3. The predicted molar refractivity (Wildman–Crippen MR) is 150 cm³/mol. The molecule has 230 valence electrons. The van der Waals surface area contributed by atoms with Gasteiger partial charge in [-0.2, -0.15) is 0 Å². The van der Waals surface area contributed by atoms with Crippen LogP contribution < -0.4 is 21.3 Å². The van der Waals surface area contributed by atoms with Crippen molar-refractivity contribution in [3.05, 3.63) is 0 Å². The van der Waals surface area contributed by atoms with Crippen LogP contribution in [-0.4, -0.2) is 62.4 Å². The first-order chi connectivity index (χ1) is 20.1. The summed E-state index contributed by atoms with van der Waals surface area (Å²) in [6, 6.07) is 0. The van der Waals surface area contributed by atoms with Crippen molar-refractivity contribution < 1.29 is 28.7 Å². The molecule has 0 aromatic heterocycles. The van der Waals surface area contributed by atoms with Crippen molar-refractivity contribution in [1.29, 1.82) is 0 Å². The normalized spacial score (nSPS) is 52.7. The van der Waals surface area contributed by atoms with Gasteiger partial charge in [0.15, 0.2) is 0 Å². The van der Waals surface area contributed by atoms with Gasteiger partial charge < -0.3 is 30.7 Å². The summed E-state index contributed by atoms with van der Waals surface area (Å²) in [5.41, 5.74) is -0.304. The lowest BCUT2D eigenvalue weighted by Crippen LogP contribution is -2.61. The maximum atomic E-state index is 13.2. The van der Waals surface area contributed by atoms with Crippen LogP contribution in [0.3, 0.4) is 0 Å². The molecule has 4 amide bonds. The highest BCUT2D eigenvalue weighted by Gasteiger charge is 2.87. The minimum absolute atomic E-state index is 0.100. The zero-order valence-electron chi connectivity index (χ0n) is 25.2. The zero-order valence-corrected chi connectivity index (χ0v) is 25.2. The van der Waals surface area contributed by atoms with Crippen LogP contribution in [0.4, 0.5) is 0 Å². The first kappa shape index (κ1) is 27.4. The second kappa shape index (κ2) is 9.16. The van der Waals surface area contributed by atoms with Gasteiger partial charge in [0.2, 0.25) is 23.6 Å². The monoisotopic (exact) mass is 582 g/mol. The second-order valence-electron chi connectivity index (χ2n) is 15.2. The van der Waals surface area contributed by atoms with E-state index in [4.69, 9.17) is 9.47 Å². The number of nitrogens with one attached hydrogen (secondary N) is 4. The molecular formula is C32H46N4O6. The molecule has 6 saturated carbocycles. The van der Waals surface area contributed by atoms with E-state index in [1.54, 1.807) is 14.1 Å². The van der Waals surface area contributed by atoms with E-state index in [0.29, 0.717) is 59.2 Å². The molecule has 42 heavy (non-hydrogen) atoms. The Balaban J connectivity index is 1.14. The summed E-state index contributed by atoms with van der Waals surface area (Å²) in [5.74, 6) is 4.58. The topological polar surface area (TPSA) is 135 Å². The van der Waals surface area contributed by atoms with Gasteiger partial charge in [-0.1, -0.05) is 13.8 Å². The van der Waals surface area contributed by atoms with Crippen LogP contribution >= 0.6 is 0 Å². The Kier molecular flexibility index (Phi) is 5.97. The van der Waals surface area contributed by atoms with Crippen molar-refractivity contribution in [1.82, 2.24) is 21.3 Å². The summed E-state index contributed by atoms with van der Waals surface area (Å²) in [5, 5.41) is 11.9. The van der Waals surface area contributed by atoms with Gasteiger partial charge in [-0.3, -0.25) is 19.2 Å².